The van der Waals surface area contributed by atoms with Gasteiger partial charge in [0.15, 0.2) is 0 Å². The van der Waals surface area contributed by atoms with E-state index in [9.17, 15) is 4.79 Å². The third-order valence-electron chi connectivity index (χ3n) is 3.32. The molecule has 1 aromatic rings. The van der Waals surface area contributed by atoms with Gasteiger partial charge in [0.1, 0.15) is 11.6 Å². The second-order valence-corrected chi connectivity index (χ2v) is 4.84. The van der Waals surface area contributed by atoms with Crippen LogP contribution in [0.1, 0.15) is 60.5 Å². The zero-order chi connectivity index (χ0) is 17.8. The zero-order valence-corrected chi connectivity index (χ0v) is 15.6. The fraction of sp³-hybridized carbons (Fsp3) is 0.579. The number of carbonyl (C=O) groups is 1. The van der Waals surface area contributed by atoms with Gasteiger partial charge in [0.05, 0.1) is 24.1 Å². The molecule has 0 radical (unpaired) electrons. The van der Waals surface area contributed by atoms with Gasteiger partial charge in [-0.25, -0.2) is 0 Å². The smallest absolute Gasteiger partial charge is 0.230 e. The monoisotopic (exact) mass is 320 g/mol. The number of aliphatic imine (C=N–C) groups is 1. The van der Waals surface area contributed by atoms with Crippen molar-refractivity contribution in [3.05, 3.63) is 29.8 Å². The van der Waals surface area contributed by atoms with Crippen LogP contribution < -0.4 is 10.1 Å². The van der Waals surface area contributed by atoms with Crippen LogP contribution in [-0.2, 0) is 4.79 Å². The van der Waals surface area contributed by atoms with Crippen LogP contribution in [0.4, 0.5) is 0 Å². The van der Waals surface area contributed by atoms with Crippen LogP contribution in [0, 0.1) is 5.92 Å². The zero-order valence-electron chi connectivity index (χ0n) is 15.6. The molecule has 2 unspecified atom stereocenters. The lowest BCUT2D eigenvalue weighted by Gasteiger charge is -2.24. The number of ether oxygens (including phenoxy) is 1. The first-order chi connectivity index (χ1) is 11.1. The van der Waals surface area contributed by atoms with Crippen LogP contribution in [0.2, 0.25) is 0 Å². The third-order valence-corrected chi connectivity index (χ3v) is 3.32. The highest BCUT2D eigenvalue weighted by molar-refractivity contribution is 6.11. The van der Waals surface area contributed by atoms with Crippen LogP contribution in [0.5, 0.6) is 5.75 Å². The van der Waals surface area contributed by atoms with Gasteiger partial charge in [-0.2, -0.15) is 0 Å². The normalized spacial score (nSPS) is 19.3. The summed E-state index contributed by atoms with van der Waals surface area (Å²) in [6.07, 6.45) is 0.945. The second kappa shape index (κ2) is 11.7. The molecule has 0 aliphatic carbocycles. The van der Waals surface area contributed by atoms with Gasteiger partial charge in [-0.1, -0.05) is 53.7 Å². The molecule has 4 heteroatoms. The predicted octanol–water partition coefficient (Wildman–Crippen LogP) is 4.43. The summed E-state index contributed by atoms with van der Waals surface area (Å²) in [5.41, 5.74) is 0.850. The maximum Gasteiger partial charge on any atom is 0.230 e. The summed E-state index contributed by atoms with van der Waals surface area (Å²) in [5.74, 6) is 1.31. The molecule has 0 aromatic heterocycles. The standard InChI is InChI=1S/C15H20N2O2.2C2H6/c1-4-9-19-13-8-6-5-7-12(13)14-16-11(3)10(2)15(18)17-14;2*1-2/h5-8,10-11H,4,9H2,1-3H3,(H,16,17,18);2*1-2H3. The van der Waals surface area contributed by atoms with E-state index >= 15 is 0 Å². The summed E-state index contributed by atoms with van der Waals surface area (Å²) in [6, 6.07) is 7.66. The Morgan fingerprint density at radius 2 is 1.74 bits per heavy atom. The maximum absolute atomic E-state index is 11.9. The second-order valence-electron chi connectivity index (χ2n) is 4.84. The van der Waals surface area contributed by atoms with Crippen molar-refractivity contribution in [2.45, 2.75) is 60.9 Å². The van der Waals surface area contributed by atoms with Crippen molar-refractivity contribution in [1.82, 2.24) is 5.32 Å². The molecule has 0 spiro atoms. The summed E-state index contributed by atoms with van der Waals surface area (Å²) < 4.78 is 5.70. The number of benzene rings is 1. The molecule has 2 atom stereocenters. The Hall–Kier alpha value is -1.84. The van der Waals surface area contributed by atoms with Gasteiger partial charge in [-0.05, 0) is 25.5 Å². The van der Waals surface area contributed by atoms with E-state index in [-0.39, 0.29) is 17.9 Å². The molecule has 1 aliphatic heterocycles. The van der Waals surface area contributed by atoms with Crippen molar-refractivity contribution >= 4 is 11.7 Å². The van der Waals surface area contributed by atoms with E-state index in [0.29, 0.717) is 12.4 Å². The number of amides is 1. The molecule has 1 amide bonds. The Morgan fingerprint density at radius 1 is 1.13 bits per heavy atom. The van der Waals surface area contributed by atoms with Crippen molar-refractivity contribution in [1.29, 1.82) is 0 Å². The molecule has 1 heterocycles. The molecule has 130 valence electrons. The number of amidine groups is 1. The van der Waals surface area contributed by atoms with Crippen molar-refractivity contribution in [2.24, 2.45) is 10.9 Å². The average Bonchev–Trinajstić information content (AvgIpc) is 2.61. The minimum Gasteiger partial charge on any atom is -0.493 e. The molecule has 0 saturated carbocycles. The topological polar surface area (TPSA) is 50.7 Å². The van der Waals surface area contributed by atoms with E-state index in [1.807, 2.05) is 65.8 Å². The van der Waals surface area contributed by atoms with E-state index in [2.05, 4.69) is 17.2 Å². The van der Waals surface area contributed by atoms with E-state index in [0.717, 1.165) is 17.7 Å². The number of nitrogens with one attached hydrogen (secondary N) is 1. The van der Waals surface area contributed by atoms with Crippen LogP contribution in [0.3, 0.4) is 0 Å². The fourth-order valence-corrected chi connectivity index (χ4v) is 1.93. The SMILES string of the molecule is CC.CC.CCCOc1ccccc1C1=NC(C)C(C)C(=O)N1. The molecule has 0 fully saturated rings. The van der Waals surface area contributed by atoms with Crippen molar-refractivity contribution in [2.75, 3.05) is 6.61 Å². The van der Waals surface area contributed by atoms with Crippen molar-refractivity contribution < 1.29 is 9.53 Å². The highest BCUT2D eigenvalue weighted by Gasteiger charge is 2.27. The average molecular weight is 320 g/mol. The largest absolute Gasteiger partial charge is 0.493 e. The van der Waals surface area contributed by atoms with Crippen LogP contribution in [0.15, 0.2) is 29.3 Å². The Labute approximate surface area is 141 Å². The first-order valence-corrected chi connectivity index (χ1v) is 8.74. The molecule has 1 aliphatic rings. The van der Waals surface area contributed by atoms with E-state index in [1.165, 1.54) is 0 Å². The summed E-state index contributed by atoms with van der Waals surface area (Å²) in [5, 5.41) is 2.86. The Kier molecular flexibility index (Phi) is 10.8. The van der Waals surface area contributed by atoms with Crippen molar-refractivity contribution in [3.8, 4) is 5.75 Å². The molecule has 0 bridgehead atoms. The molecule has 23 heavy (non-hydrogen) atoms. The first kappa shape index (κ1) is 21.2. The summed E-state index contributed by atoms with van der Waals surface area (Å²) >= 11 is 0. The lowest BCUT2D eigenvalue weighted by Crippen LogP contribution is -2.44. The van der Waals surface area contributed by atoms with Gasteiger partial charge in [0.2, 0.25) is 5.91 Å². The maximum atomic E-state index is 11.9. The van der Waals surface area contributed by atoms with Crippen LogP contribution in [-0.4, -0.2) is 24.4 Å². The van der Waals surface area contributed by atoms with Gasteiger partial charge in [-0.3, -0.25) is 9.79 Å². The lowest BCUT2D eigenvalue weighted by molar-refractivity contribution is -0.123. The van der Waals surface area contributed by atoms with Gasteiger partial charge < -0.3 is 10.1 Å². The third kappa shape index (κ3) is 6.05. The van der Waals surface area contributed by atoms with Crippen LogP contribution in [0.25, 0.3) is 0 Å². The van der Waals surface area contributed by atoms with Gasteiger partial charge in [-0.15, -0.1) is 0 Å². The lowest BCUT2D eigenvalue weighted by atomic mass is 10.0. The molecule has 1 N–H and O–H groups in total. The van der Waals surface area contributed by atoms with Gasteiger partial charge in [0.25, 0.3) is 0 Å². The molecular formula is C19H32N2O2. The minimum absolute atomic E-state index is 0.0111. The van der Waals surface area contributed by atoms with E-state index < -0.39 is 0 Å². The first-order valence-electron chi connectivity index (χ1n) is 8.74. The van der Waals surface area contributed by atoms with Crippen molar-refractivity contribution in [3.63, 3.8) is 0 Å². The number of rotatable bonds is 4. The molecular weight excluding hydrogens is 288 g/mol. The number of para-hydroxylation sites is 1. The Morgan fingerprint density at radius 3 is 2.30 bits per heavy atom. The van der Waals surface area contributed by atoms with Crippen LogP contribution >= 0.6 is 0 Å². The highest BCUT2D eigenvalue weighted by Crippen LogP contribution is 2.22. The summed E-state index contributed by atoms with van der Waals surface area (Å²) in [6.45, 7) is 14.6. The molecule has 2 rings (SSSR count). The summed E-state index contributed by atoms with van der Waals surface area (Å²) in [4.78, 5) is 16.4. The van der Waals surface area contributed by atoms with E-state index in [4.69, 9.17) is 4.74 Å². The molecule has 1 aromatic carbocycles. The number of hydrogen-bond donors (Lipinski definition) is 1. The Balaban J connectivity index is 0.00000112. The van der Waals surface area contributed by atoms with E-state index in [1.54, 1.807) is 0 Å². The molecule has 4 nitrogen and oxygen atoms in total. The summed E-state index contributed by atoms with van der Waals surface area (Å²) in [7, 11) is 0. The quantitative estimate of drug-likeness (QED) is 0.892. The fourth-order valence-electron chi connectivity index (χ4n) is 1.93. The number of hydrogen-bond acceptors (Lipinski definition) is 3. The van der Waals surface area contributed by atoms with Gasteiger partial charge in [0, 0.05) is 0 Å². The minimum atomic E-state index is -0.0903. The van der Waals surface area contributed by atoms with Gasteiger partial charge >= 0.3 is 0 Å². The number of nitrogens with zero attached hydrogens (tertiary/aromatic N) is 1. The predicted molar refractivity (Wildman–Crippen MR) is 98.2 cm³/mol. The highest BCUT2D eigenvalue weighted by atomic mass is 16.5. The Bertz CT molecular complexity index is 498. The molecule has 0 saturated heterocycles. The number of carbonyl (C=O) groups excluding carboxylic acids is 1.